The highest BCUT2D eigenvalue weighted by atomic mass is 35.5. The Morgan fingerprint density at radius 1 is 1.21 bits per heavy atom. The van der Waals surface area contributed by atoms with Gasteiger partial charge in [-0.2, -0.15) is 0 Å². The van der Waals surface area contributed by atoms with Crippen LogP contribution in [0.2, 0.25) is 10.0 Å². The Labute approximate surface area is 183 Å². The van der Waals surface area contributed by atoms with Crippen LogP contribution in [0, 0.1) is 0 Å². The average Bonchev–Trinajstić information content (AvgIpc) is 2.70. The lowest BCUT2D eigenvalue weighted by atomic mass is 9.78. The van der Waals surface area contributed by atoms with Gasteiger partial charge in [-0.3, -0.25) is 4.99 Å². The second-order valence-electron chi connectivity index (χ2n) is 7.84. The zero-order chi connectivity index (χ0) is 21.1. The highest BCUT2D eigenvalue weighted by Gasteiger charge is 2.26. The molecule has 1 aliphatic rings. The molecule has 0 aromatic heterocycles. The predicted octanol–water partition coefficient (Wildman–Crippen LogP) is 5.11. The second kappa shape index (κ2) is 9.21. The van der Waals surface area contributed by atoms with Gasteiger partial charge >= 0.3 is 0 Å². The van der Waals surface area contributed by atoms with Gasteiger partial charge in [0.15, 0.2) is 5.96 Å². The number of nitrogens with two attached hydrogens (primary N) is 1. The Hall–Kier alpha value is -2.01. The summed E-state index contributed by atoms with van der Waals surface area (Å²) in [6, 6.07) is 14.6. The van der Waals surface area contributed by atoms with E-state index in [-0.39, 0.29) is 5.92 Å². The van der Waals surface area contributed by atoms with Gasteiger partial charge in [-0.25, -0.2) is 0 Å². The number of nitrogens with zero attached hydrogens (tertiary/aromatic N) is 2. The second-order valence-corrected chi connectivity index (χ2v) is 8.65. The van der Waals surface area contributed by atoms with Crippen LogP contribution in [0.25, 0.3) is 5.70 Å². The van der Waals surface area contributed by atoms with E-state index in [1.807, 2.05) is 32.3 Å². The predicted molar refractivity (Wildman–Crippen MR) is 125 cm³/mol. The van der Waals surface area contributed by atoms with Crippen molar-refractivity contribution in [2.75, 3.05) is 20.6 Å². The smallest absolute Gasteiger partial charge is 0.193 e. The normalized spacial score (nSPS) is 18.0. The summed E-state index contributed by atoms with van der Waals surface area (Å²) in [6.07, 6.45) is 0.874. The number of allylic oxidation sites excluding steroid dienone is 1. The molecule has 0 radical (unpaired) electrons. The van der Waals surface area contributed by atoms with Crippen molar-refractivity contribution in [3.05, 3.63) is 74.8 Å². The Morgan fingerprint density at radius 2 is 1.93 bits per heavy atom. The van der Waals surface area contributed by atoms with Gasteiger partial charge in [0.25, 0.3) is 0 Å². The molecule has 0 aliphatic heterocycles. The molecular formula is C23H28Cl2N4. The fourth-order valence-electron chi connectivity index (χ4n) is 3.54. The molecule has 3 N–H and O–H groups in total. The van der Waals surface area contributed by atoms with Gasteiger partial charge in [-0.15, -0.1) is 0 Å². The highest BCUT2D eigenvalue weighted by molar-refractivity contribution is 6.42. The third-order valence-corrected chi connectivity index (χ3v) is 6.29. The molecule has 0 amide bonds. The van der Waals surface area contributed by atoms with Crippen LogP contribution in [0.3, 0.4) is 0 Å². The molecule has 4 nitrogen and oxygen atoms in total. The van der Waals surface area contributed by atoms with Gasteiger partial charge in [0, 0.05) is 23.2 Å². The molecule has 6 heteroatoms. The van der Waals surface area contributed by atoms with E-state index in [2.05, 4.69) is 53.3 Å². The van der Waals surface area contributed by atoms with Gasteiger partial charge in [0.2, 0.25) is 0 Å². The molecule has 0 saturated carbocycles. The average molecular weight is 431 g/mol. The molecule has 3 rings (SSSR count). The lowest BCUT2D eigenvalue weighted by Gasteiger charge is -2.30. The minimum atomic E-state index is 0.221. The maximum Gasteiger partial charge on any atom is 0.193 e. The van der Waals surface area contributed by atoms with E-state index in [4.69, 9.17) is 28.9 Å². The largest absolute Gasteiger partial charge is 0.370 e. The van der Waals surface area contributed by atoms with Crippen molar-refractivity contribution in [3.63, 3.8) is 0 Å². The summed E-state index contributed by atoms with van der Waals surface area (Å²) >= 11 is 12.4. The number of fused-ring (bicyclic) bond motifs is 1. The summed E-state index contributed by atoms with van der Waals surface area (Å²) in [6.45, 7) is 4.91. The minimum Gasteiger partial charge on any atom is -0.370 e. The molecule has 154 valence electrons. The molecule has 29 heavy (non-hydrogen) atoms. The van der Waals surface area contributed by atoms with E-state index in [0.717, 1.165) is 23.2 Å². The zero-order valence-corrected chi connectivity index (χ0v) is 18.8. The number of likely N-dealkylation sites (N-methyl/N-ethyl adjacent to an activating group) is 1. The number of nitrogens with one attached hydrogen (secondary N) is 1. The Balaban J connectivity index is 1.91. The van der Waals surface area contributed by atoms with Gasteiger partial charge in [-0.05, 0) is 63.2 Å². The van der Waals surface area contributed by atoms with Crippen LogP contribution in [0.15, 0.2) is 53.0 Å². The van der Waals surface area contributed by atoms with Crippen molar-refractivity contribution in [2.45, 2.75) is 32.2 Å². The van der Waals surface area contributed by atoms with Crippen molar-refractivity contribution in [2.24, 2.45) is 10.7 Å². The van der Waals surface area contributed by atoms with Crippen LogP contribution >= 0.6 is 23.2 Å². The summed E-state index contributed by atoms with van der Waals surface area (Å²) in [5, 5.41) is 4.51. The maximum atomic E-state index is 6.28. The van der Waals surface area contributed by atoms with Gasteiger partial charge in [-0.1, -0.05) is 53.5 Å². The van der Waals surface area contributed by atoms with Crippen molar-refractivity contribution < 1.29 is 0 Å². The molecule has 2 atom stereocenters. The number of hydrogen-bond acceptors (Lipinski definition) is 2. The molecule has 0 fully saturated rings. The first-order valence-electron chi connectivity index (χ1n) is 9.75. The van der Waals surface area contributed by atoms with Crippen LogP contribution in [-0.4, -0.2) is 37.5 Å². The Bertz CT molecular complexity index is 950. The van der Waals surface area contributed by atoms with Crippen molar-refractivity contribution in [1.82, 2.24) is 10.2 Å². The lowest BCUT2D eigenvalue weighted by molar-refractivity contribution is 0.321. The molecule has 2 aromatic rings. The fraction of sp³-hybridized carbons (Fsp3) is 0.348. The van der Waals surface area contributed by atoms with E-state index in [9.17, 15) is 0 Å². The number of aliphatic imine (C=N–C) groups is 1. The zero-order valence-electron chi connectivity index (χ0n) is 17.3. The Kier molecular flexibility index (Phi) is 6.89. The third kappa shape index (κ3) is 4.95. The first-order chi connectivity index (χ1) is 13.8. The first kappa shape index (κ1) is 21.7. The number of rotatable bonds is 5. The van der Waals surface area contributed by atoms with Crippen LogP contribution in [0.4, 0.5) is 0 Å². The van der Waals surface area contributed by atoms with Gasteiger partial charge in [0.05, 0.1) is 16.6 Å². The lowest BCUT2D eigenvalue weighted by Crippen LogP contribution is -2.35. The summed E-state index contributed by atoms with van der Waals surface area (Å²) in [4.78, 5) is 6.64. The van der Waals surface area contributed by atoms with Crippen molar-refractivity contribution in [3.8, 4) is 0 Å². The van der Waals surface area contributed by atoms with Gasteiger partial charge < -0.3 is 16.0 Å². The third-order valence-electron chi connectivity index (χ3n) is 5.55. The molecular weight excluding hydrogens is 403 g/mol. The van der Waals surface area contributed by atoms with Gasteiger partial charge in [0.1, 0.15) is 0 Å². The summed E-state index contributed by atoms with van der Waals surface area (Å²) in [7, 11) is 4.08. The van der Waals surface area contributed by atoms with E-state index in [0.29, 0.717) is 28.6 Å². The molecule has 2 aromatic carbocycles. The summed E-state index contributed by atoms with van der Waals surface area (Å²) < 4.78 is 0. The van der Waals surface area contributed by atoms with E-state index in [1.165, 1.54) is 11.1 Å². The van der Waals surface area contributed by atoms with Crippen LogP contribution < -0.4 is 11.1 Å². The number of guanidine groups is 1. The molecule has 2 unspecified atom stereocenters. The monoisotopic (exact) mass is 430 g/mol. The summed E-state index contributed by atoms with van der Waals surface area (Å²) in [5.74, 6) is 0.661. The standard InChI is InChI=1S/C23H28Cl2N4/c1-14-11-19(16-9-10-20(24)21(25)12-16)17-7-5-6-8-18(17)22(14)28-23(26)27-13-15(2)29(3)4/h5-10,12,15,19H,11,13H2,1-4H3,(H3,26,27,28). The number of halogens is 2. The van der Waals surface area contributed by atoms with Crippen LogP contribution in [-0.2, 0) is 0 Å². The van der Waals surface area contributed by atoms with E-state index >= 15 is 0 Å². The fourth-order valence-corrected chi connectivity index (χ4v) is 3.85. The summed E-state index contributed by atoms with van der Waals surface area (Å²) in [5.41, 5.74) is 12.0. The molecule has 0 heterocycles. The highest BCUT2D eigenvalue weighted by Crippen LogP contribution is 2.42. The topological polar surface area (TPSA) is 53.6 Å². The first-order valence-corrected chi connectivity index (χ1v) is 10.5. The molecule has 1 aliphatic carbocycles. The SMILES string of the molecule is CC1=C(NC(N)=NCC(C)N(C)C)c2ccccc2C(c2ccc(Cl)c(Cl)c2)C1. The number of hydrogen-bond donors (Lipinski definition) is 2. The Morgan fingerprint density at radius 3 is 2.62 bits per heavy atom. The van der Waals surface area contributed by atoms with E-state index in [1.54, 1.807) is 0 Å². The van der Waals surface area contributed by atoms with Crippen LogP contribution in [0.1, 0.15) is 42.9 Å². The maximum absolute atomic E-state index is 6.28. The minimum absolute atomic E-state index is 0.221. The van der Waals surface area contributed by atoms with Crippen molar-refractivity contribution >= 4 is 34.9 Å². The van der Waals surface area contributed by atoms with E-state index < -0.39 is 0 Å². The van der Waals surface area contributed by atoms with Crippen LogP contribution in [0.5, 0.6) is 0 Å². The molecule has 0 spiro atoms. The molecule has 0 saturated heterocycles. The van der Waals surface area contributed by atoms with Crippen molar-refractivity contribution in [1.29, 1.82) is 0 Å². The quantitative estimate of drug-likeness (QED) is 0.511. The number of benzene rings is 2. The molecule has 0 bridgehead atoms.